The highest BCUT2D eigenvalue weighted by Gasteiger charge is 2.05. The number of aliphatic carboxylic acids is 1. The summed E-state index contributed by atoms with van der Waals surface area (Å²) in [5.41, 5.74) is 1.52. The topological polar surface area (TPSA) is 97.1 Å². The lowest BCUT2D eigenvalue weighted by Crippen LogP contribution is -2.24. The van der Waals surface area contributed by atoms with Crippen LogP contribution in [0.5, 0.6) is 0 Å². The summed E-state index contributed by atoms with van der Waals surface area (Å²) in [7, 11) is 0. The Morgan fingerprint density at radius 3 is 2.25 bits per heavy atom. The average molecular weight is 330 g/mol. The zero-order valence-corrected chi connectivity index (χ0v) is 13.5. The number of rotatable bonds is 10. The van der Waals surface area contributed by atoms with Crippen LogP contribution >= 0.6 is 0 Å². The summed E-state index contributed by atoms with van der Waals surface area (Å²) in [6.07, 6.45) is 7.98. The maximum atomic E-state index is 12.0. The quantitative estimate of drug-likeness (QED) is 0.652. The molecule has 0 saturated heterocycles. The van der Waals surface area contributed by atoms with Crippen molar-refractivity contribution in [3.63, 3.8) is 0 Å². The fourth-order valence-corrected chi connectivity index (χ4v) is 2.35. The van der Waals surface area contributed by atoms with Gasteiger partial charge in [0.1, 0.15) is 12.7 Å². The van der Waals surface area contributed by atoms with Gasteiger partial charge in [-0.2, -0.15) is 0 Å². The van der Waals surface area contributed by atoms with E-state index in [1.54, 1.807) is 29.4 Å². The van der Waals surface area contributed by atoms with Crippen LogP contribution in [0, 0.1) is 0 Å². The van der Waals surface area contributed by atoms with E-state index in [1.165, 1.54) is 0 Å². The number of carboxylic acids is 1. The Balaban J connectivity index is 1.63. The molecule has 0 unspecified atom stereocenters. The van der Waals surface area contributed by atoms with Crippen LogP contribution in [0.1, 0.15) is 48.9 Å². The third-order valence-corrected chi connectivity index (χ3v) is 3.70. The van der Waals surface area contributed by atoms with Crippen molar-refractivity contribution in [1.82, 2.24) is 20.1 Å². The van der Waals surface area contributed by atoms with E-state index >= 15 is 0 Å². The average Bonchev–Trinajstić information content (AvgIpc) is 3.11. The van der Waals surface area contributed by atoms with E-state index in [-0.39, 0.29) is 12.3 Å². The molecule has 1 amide bonds. The Morgan fingerprint density at radius 2 is 1.58 bits per heavy atom. The monoisotopic (exact) mass is 330 g/mol. The first-order valence-corrected chi connectivity index (χ1v) is 8.12. The highest BCUT2D eigenvalue weighted by molar-refractivity contribution is 5.94. The predicted octanol–water partition coefficient (Wildman–Crippen LogP) is 2.42. The van der Waals surface area contributed by atoms with E-state index in [2.05, 4.69) is 15.5 Å². The number of hydrogen-bond acceptors (Lipinski definition) is 4. The third-order valence-electron chi connectivity index (χ3n) is 3.70. The number of carbonyl (C=O) groups excluding carboxylic acids is 1. The second kappa shape index (κ2) is 9.44. The molecule has 0 spiro atoms. The molecule has 1 heterocycles. The van der Waals surface area contributed by atoms with Gasteiger partial charge in [-0.25, -0.2) is 0 Å². The Bertz CT molecular complexity index is 638. The van der Waals surface area contributed by atoms with E-state index in [9.17, 15) is 9.59 Å². The van der Waals surface area contributed by atoms with Gasteiger partial charge in [0.25, 0.3) is 5.91 Å². The Kier molecular flexibility index (Phi) is 6.94. The Hall–Kier alpha value is -2.70. The number of nitrogens with one attached hydrogen (secondary N) is 1. The van der Waals surface area contributed by atoms with Gasteiger partial charge in [-0.3, -0.25) is 14.2 Å². The van der Waals surface area contributed by atoms with Crippen molar-refractivity contribution in [1.29, 1.82) is 0 Å². The highest BCUT2D eigenvalue weighted by atomic mass is 16.4. The molecule has 0 aliphatic carbocycles. The molecular weight excluding hydrogens is 308 g/mol. The molecular formula is C17H22N4O3. The van der Waals surface area contributed by atoms with Crippen molar-refractivity contribution in [2.45, 2.75) is 38.5 Å². The lowest BCUT2D eigenvalue weighted by atomic mass is 10.1. The van der Waals surface area contributed by atoms with Gasteiger partial charge in [-0.15, -0.1) is 10.2 Å². The summed E-state index contributed by atoms with van der Waals surface area (Å²) in [6, 6.07) is 7.24. The lowest BCUT2D eigenvalue weighted by molar-refractivity contribution is -0.137. The van der Waals surface area contributed by atoms with Gasteiger partial charge in [0.15, 0.2) is 0 Å². The maximum absolute atomic E-state index is 12.0. The molecule has 0 atom stereocenters. The van der Waals surface area contributed by atoms with Crippen LogP contribution < -0.4 is 5.32 Å². The lowest BCUT2D eigenvalue weighted by Gasteiger charge is -2.06. The van der Waals surface area contributed by atoms with Gasteiger partial charge in [-0.1, -0.05) is 19.3 Å². The van der Waals surface area contributed by atoms with Crippen LogP contribution in [0.3, 0.4) is 0 Å². The van der Waals surface area contributed by atoms with Gasteiger partial charge in [0.2, 0.25) is 0 Å². The van der Waals surface area contributed by atoms with Crippen LogP contribution in [0.2, 0.25) is 0 Å². The molecule has 0 radical (unpaired) electrons. The van der Waals surface area contributed by atoms with E-state index in [1.807, 2.05) is 12.1 Å². The SMILES string of the molecule is O=C(O)CCCCCCCNC(=O)c1ccc(-n2cnnc2)cc1. The zero-order chi connectivity index (χ0) is 17.2. The summed E-state index contributed by atoms with van der Waals surface area (Å²) < 4.78 is 1.77. The number of unbranched alkanes of at least 4 members (excludes halogenated alkanes) is 4. The molecule has 0 aliphatic rings. The number of amides is 1. The highest BCUT2D eigenvalue weighted by Crippen LogP contribution is 2.09. The Morgan fingerprint density at radius 1 is 0.958 bits per heavy atom. The summed E-state index contributed by atoms with van der Waals surface area (Å²) in [6.45, 7) is 0.630. The minimum atomic E-state index is -0.738. The maximum Gasteiger partial charge on any atom is 0.303 e. The number of hydrogen-bond donors (Lipinski definition) is 2. The van der Waals surface area contributed by atoms with Crippen molar-refractivity contribution in [3.8, 4) is 5.69 Å². The van der Waals surface area contributed by atoms with E-state index in [4.69, 9.17) is 5.11 Å². The van der Waals surface area contributed by atoms with Gasteiger partial charge in [0.05, 0.1) is 0 Å². The van der Waals surface area contributed by atoms with Crippen LogP contribution in [0.4, 0.5) is 0 Å². The number of carboxylic acid groups (broad SMARTS) is 1. The smallest absolute Gasteiger partial charge is 0.303 e. The van der Waals surface area contributed by atoms with Gasteiger partial charge in [0, 0.05) is 24.2 Å². The summed E-state index contributed by atoms with van der Waals surface area (Å²) >= 11 is 0. The largest absolute Gasteiger partial charge is 0.481 e. The first-order valence-electron chi connectivity index (χ1n) is 8.12. The van der Waals surface area contributed by atoms with Crippen molar-refractivity contribution < 1.29 is 14.7 Å². The number of carbonyl (C=O) groups is 2. The molecule has 0 bridgehead atoms. The van der Waals surface area contributed by atoms with Gasteiger partial charge < -0.3 is 10.4 Å². The summed E-state index contributed by atoms with van der Waals surface area (Å²) in [4.78, 5) is 22.4. The Labute approximate surface area is 140 Å². The first-order chi connectivity index (χ1) is 11.7. The minimum Gasteiger partial charge on any atom is -0.481 e. The van der Waals surface area contributed by atoms with Crippen LogP contribution in [0.15, 0.2) is 36.9 Å². The molecule has 2 rings (SSSR count). The molecule has 7 heteroatoms. The second-order valence-electron chi connectivity index (χ2n) is 5.58. The molecule has 128 valence electrons. The molecule has 1 aromatic carbocycles. The summed E-state index contributed by atoms with van der Waals surface area (Å²) in [5, 5.41) is 18.9. The van der Waals surface area contributed by atoms with Crippen LogP contribution in [-0.2, 0) is 4.79 Å². The molecule has 7 nitrogen and oxygen atoms in total. The minimum absolute atomic E-state index is 0.0869. The van der Waals surface area contributed by atoms with Crippen LogP contribution in [-0.4, -0.2) is 38.3 Å². The molecule has 2 aromatic rings. The summed E-state index contributed by atoms with van der Waals surface area (Å²) in [5.74, 6) is -0.825. The molecule has 2 N–H and O–H groups in total. The zero-order valence-electron chi connectivity index (χ0n) is 13.5. The number of benzene rings is 1. The molecule has 0 fully saturated rings. The van der Waals surface area contributed by atoms with Crippen molar-refractivity contribution in [2.75, 3.05) is 6.54 Å². The normalized spacial score (nSPS) is 10.5. The fraction of sp³-hybridized carbons (Fsp3) is 0.412. The molecule has 24 heavy (non-hydrogen) atoms. The van der Waals surface area contributed by atoms with Crippen LogP contribution in [0.25, 0.3) is 5.69 Å². The van der Waals surface area contributed by atoms with Gasteiger partial charge >= 0.3 is 5.97 Å². The van der Waals surface area contributed by atoms with E-state index in [0.29, 0.717) is 12.1 Å². The van der Waals surface area contributed by atoms with Crippen molar-refractivity contribution in [3.05, 3.63) is 42.5 Å². The second-order valence-corrected chi connectivity index (χ2v) is 5.58. The van der Waals surface area contributed by atoms with E-state index < -0.39 is 5.97 Å². The first kappa shape index (κ1) is 17.7. The molecule has 0 saturated carbocycles. The predicted molar refractivity (Wildman–Crippen MR) is 89.0 cm³/mol. The molecule has 0 aliphatic heterocycles. The van der Waals surface area contributed by atoms with Crippen molar-refractivity contribution >= 4 is 11.9 Å². The number of aromatic nitrogens is 3. The van der Waals surface area contributed by atoms with Crippen molar-refractivity contribution in [2.24, 2.45) is 0 Å². The standard InChI is InChI=1S/C17H22N4O3/c22-16(23)6-4-2-1-3-5-11-18-17(24)14-7-9-15(10-8-14)21-12-19-20-13-21/h7-10,12-13H,1-6,11H2,(H,18,24)(H,22,23). The van der Waals surface area contributed by atoms with Gasteiger partial charge in [-0.05, 0) is 37.1 Å². The third kappa shape index (κ3) is 5.83. The van der Waals surface area contributed by atoms with E-state index in [0.717, 1.165) is 37.8 Å². The fourth-order valence-electron chi connectivity index (χ4n) is 2.35. The number of nitrogens with zero attached hydrogens (tertiary/aromatic N) is 3. The molecule has 1 aromatic heterocycles.